The number of benzene rings is 2. The molecule has 2 aromatic carbocycles. The molecular weight excluding hydrogens is 358 g/mol. The molecule has 0 bridgehead atoms. The summed E-state index contributed by atoms with van der Waals surface area (Å²) >= 11 is 0. The summed E-state index contributed by atoms with van der Waals surface area (Å²) in [5.74, 6) is 0.236. The largest absolute Gasteiger partial charge is 0.308 e. The Morgan fingerprint density at radius 3 is 2.48 bits per heavy atom. The van der Waals surface area contributed by atoms with Gasteiger partial charge in [-0.05, 0) is 37.5 Å². The average molecular weight is 390 g/mol. The van der Waals surface area contributed by atoms with Gasteiger partial charge in [0.05, 0.1) is 6.04 Å². The molecule has 2 aliphatic rings. The van der Waals surface area contributed by atoms with E-state index in [9.17, 15) is 4.79 Å². The van der Waals surface area contributed by atoms with Crippen molar-refractivity contribution < 1.29 is 4.79 Å². The van der Waals surface area contributed by atoms with Crippen molar-refractivity contribution >= 4 is 17.7 Å². The standard InChI is InChI=1S/C25H31N3O/c1-20-19-23-12-6-7-13-24(23)28(20)25(29)21(2)27-17-15-26(16-18-27)14-8-11-22-9-4-3-5-10-22/h3-13,20-21H,14-19H2,1-2H3/b11-8+. The number of piperazine rings is 1. The van der Waals surface area contributed by atoms with Crippen molar-refractivity contribution in [3.05, 3.63) is 71.8 Å². The van der Waals surface area contributed by atoms with E-state index in [2.05, 4.69) is 78.3 Å². The molecule has 0 radical (unpaired) electrons. The van der Waals surface area contributed by atoms with Crippen LogP contribution in [-0.4, -0.2) is 60.5 Å². The summed E-state index contributed by atoms with van der Waals surface area (Å²) in [4.78, 5) is 20.1. The van der Waals surface area contributed by atoms with Crippen LogP contribution in [0.1, 0.15) is 25.0 Å². The van der Waals surface area contributed by atoms with Gasteiger partial charge in [-0.15, -0.1) is 0 Å². The minimum absolute atomic E-state index is 0.0781. The lowest BCUT2D eigenvalue weighted by molar-refractivity contribution is -0.124. The number of carbonyl (C=O) groups is 1. The second-order valence-corrected chi connectivity index (χ2v) is 8.22. The second kappa shape index (κ2) is 8.93. The molecule has 4 nitrogen and oxygen atoms in total. The molecule has 0 N–H and O–H groups in total. The Balaban J connectivity index is 1.30. The predicted octanol–water partition coefficient (Wildman–Crippen LogP) is 3.68. The predicted molar refractivity (Wildman–Crippen MR) is 120 cm³/mol. The topological polar surface area (TPSA) is 26.8 Å². The van der Waals surface area contributed by atoms with Crippen molar-refractivity contribution in [3.8, 4) is 0 Å². The van der Waals surface area contributed by atoms with E-state index in [-0.39, 0.29) is 18.0 Å². The molecular formula is C25H31N3O. The number of carbonyl (C=O) groups excluding carboxylic acids is 1. The summed E-state index contributed by atoms with van der Waals surface area (Å²) in [7, 11) is 0. The van der Waals surface area contributed by atoms with Crippen molar-refractivity contribution in [1.29, 1.82) is 0 Å². The number of anilines is 1. The first-order chi connectivity index (χ1) is 14.1. The van der Waals surface area contributed by atoms with Gasteiger partial charge in [0.25, 0.3) is 0 Å². The van der Waals surface area contributed by atoms with Gasteiger partial charge < -0.3 is 4.90 Å². The zero-order valence-corrected chi connectivity index (χ0v) is 17.5. The van der Waals surface area contributed by atoms with Crippen molar-refractivity contribution in [2.75, 3.05) is 37.6 Å². The first kappa shape index (κ1) is 19.9. The van der Waals surface area contributed by atoms with Crippen LogP contribution in [0, 0.1) is 0 Å². The molecule has 0 aromatic heterocycles. The fraction of sp³-hybridized carbons (Fsp3) is 0.400. The maximum absolute atomic E-state index is 13.3. The Kier molecular flexibility index (Phi) is 6.12. The molecule has 2 aliphatic heterocycles. The number of amides is 1. The molecule has 4 rings (SSSR count). The molecule has 0 aliphatic carbocycles. The third-order valence-corrected chi connectivity index (χ3v) is 6.23. The van der Waals surface area contributed by atoms with E-state index in [0.29, 0.717) is 0 Å². The lowest BCUT2D eigenvalue weighted by Crippen LogP contribution is -2.55. The molecule has 1 amide bonds. The summed E-state index contributed by atoms with van der Waals surface area (Å²) in [5, 5.41) is 0. The van der Waals surface area contributed by atoms with Gasteiger partial charge in [0.15, 0.2) is 0 Å². The maximum atomic E-state index is 13.3. The first-order valence-corrected chi connectivity index (χ1v) is 10.7. The number of para-hydroxylation sites is 1. The van der Waals surface area contributed by atoms with Crippen LogP contribution in [0.15, 0.2) is 60.7 Å². The van der Waals surface area contributed by atoms with E-state index in [1.807, 2.05) is 17.0 Å². The van der Waals surface area contributed by atoms with Crippen LogP contribution < -0.4 is 4.90 Å². The second-order valence-electron chi connectivity index (χ2n) is 8.22. The highest BCUT2D eigenvalue weighted by Gasteiger charge is 2.35. The molecule has 2 heterocycles. The van der Waals surface area contributed by atoms with Gasteiger partial charge in [-0.2, -0.15) is 0 Å². The number of fused-ring (bicyclic) bond motifs is 1. The number of nitrogens with zero attached hydrogens (tertiary/aromatic N) is 3. The van der Waals surface area contributed by atoms with Crippen LogP contribution in [0.4, 0.5) is 5.69 Å². The Morgan fingerprint density at radius 1 is 1.03 bits per heavy atom. The molecule has 0 spiro atoms. The first-order valence-electron chi connectivity index (χ1n) is 10.7. The monoisotopic (exact) mass is 389 g/mol. The fourth-order valence-corrected chi connectivity index (χ4v) is 4.49. The normalized spacial score (nSPS) is 21.4. The van der Waals surface area contributed by atoms with E-state index in [4.69, 9.17) is 0 Å². The van der Waals surface area contributed by atoms with Crippen molar-refractivity contribution in [2.24, 2.45) is 0 Å². The smallest absolute Gasteiger partial charge is 0.244 e. The maximum Gasteiger partial charge on any atom is 0.244 e. The fourth-order valence-electron chi connectivity index (χ4n) is 4.49. The van der Waals surface area contributed by atoms with Crippen LogP contribution in [0.3, 0.4) is 0 Å². The molecule has 152 valence electrons. The van der Waals surface area contributed by atoms with Crippen molar-refractivity contribution in [3.63, 3.8) is 0 Å². The number of rotatable bonds is 5. The molecule has 29 heavy (non-hydrogen) atoms. The minimum Gasteiger partial charge on any atom is -0.308 e. The van der Waals surface area contributed by atoms with Gasteiger partial charge in [0, 0.05) is 44.5 Å². The van der Waals surface area contributed by atoms with E-state index in [1.54, 1.807) is 0 Å². The van der Waals surface area contributed by atoms with Gasteiger partial charge in [-0.3, -0.25) is 14.6 Å². The molecule has 0 saturated carbocycles. The SMILES string of the molecule is CC(C(=O)N1c2ccccc2CC1C)N1CCN(C/C=C/c2ccccc2)CC1. The van der Waals surface area contributed by atoms with Crippen LogP contribution in [-0.2, 0) is 11.2 Å². The van der Waals surface area contributed by atoms with Gasteiger partial charge in [0.2, 0.25) is 5.91 Å². The molecule has 4 heteroatoms. The lowest BCUT2D eigenvalue weighted by Gasteiger charge is -2.38. The third kappa shape index (κ3) is 4.44. The summed E-state index contributed by atoms with van der Waals surface area (Å²) in [6.45, 7) is 9.07. The molecule has 2 aromatic rings. The van der Waals surface area contributed by atoms with Gasteiger partial charge in [-0.1, -0.05) is 60.7 Å². The minimum atomic E-state index is -0.0781. The van der Waals surface area contributed by atoms with Crippen LogP contribution >= 0.6 is 0 Å². The molecule has 1 saturated heterocycles. The summed E-state index contributed by atoms with van der Waals surface area (Å²) in [5.41, 5.74) is 3.63. The van der Waals surface area contributed by atoms with Gasteiger partial charge in [-0.25, -0.2) is 0 Å². The van der Waals surface area contributed by atoms with Crippen LogP contribution in [0.5, 0.6) is 0 Å². The highest BCUT2D eigenvalue weighted by Crippen LogP contribution is 2.32. The van der Waals surface area contributed by atoms with Crippen molar-refractivity contribution in [2.45, 2.75) is 32.4 Å². The number of hydrogen-bond acceptors (Lipinski definition) is 3. The Hall–Kier alpha value is -2.43. The number of hydrogen-bond donors (Lipinski definition) is 0. The molecule has 2 unspecified atom stereocenters. The van der Waals surface area contributed by atoms with E-state index >= 15 is 0 Å². The summed E-state index contributed by atoms with van der Waals surface area (Å²) in [6, 6.07) is 18.9. The average Bonchev–Trinajstić information content (AvgIpc) is 3.09. The Bertz CT molecular complexity index is 855. The quantitative estimate of drug-likeness (QED) is 0.780. The summed E-state index contributed by atoms with van der Waals surface area (Å²) in [6.07, 6.45) is 5.38. The zero-order valence-electron chi connectivity index (χ0n) is 17.5. The zero-order chi connectivity index (χ0) is 20.2. The van der Waals surface area contributed by atoms with Gasteiger partial charge in [0.1, 0.15) is 0 Å². The van der Waals surface area contributed by atoms with Crippen molar-refractivity contribution in [1.82, 2.24) is 9.80 Å². The lowest BCUT2D eigenvalue weighted by atomic mass is 10.1. The Morgan fingerprint density at radius 2 is 1.72 bits per heavy atom. The third-order valence-electron chi connectivity index (χ3n) is 6.23. The highest BCUT2D eigenvalue weighted by molar-refractivity contribution is 5.99. The van der Waals surface area contributed by atoms with Crippen LogP contribution in [0.25, 0.3) is 6.08 Å². The molecule has 1 fully saturated rings. The van der Waals surface area contributed by atoms with E-state index < -0.39 is 0 Å². The van der Waals surface area contributed by atoms with E-state index in [1.165, 1.54) is 11.1 Å². The molecule has 2 atom stereocenters. The van der Waals surface area contributed by atoms with Crippen LogP contribution in [0.2, 0.25) is 0 Å². The summed E-state index contributed by atoms with van der Waals surface area (Å²) < 4.78 is 0. The van der Waals surface area contributed by atoms with E-state index in [0.717, 1.165) is 44.8 Å². The Labute approximate surface area is 174 Å². The highest BCUT2D eigenvalue weighted by atomic mass is 16.2. The van der Waals surface area contributed by atoms with Gasteiger partial charge >= 0.3 is 0 Å².